The maximum Gasteiger partial charge on any atom is 0.303 e. The fraction of sp³-hybridized carbons (Fsp3) is 0.500. The molecule has 2 heterocycles. The van der Waals surface area contributed by atoms with E-state index in [1.54, 1.807) is 6.07 Å². The number of carbonyl (C=O) groups is 1. The van der Waals surface area contributed by atoms with Crippen LogP contribution in [0, 0.1) is 5.41 Å². The molecule has 0 atom stereocenters. The summed E-state index contributed by atoms with van der Waals surface area (Å²) in [6, 6.07) is 3.66. The van der Waals surface area contributed by atoms with Gasteiger partial charge in [-0.05, 0) is 17.5 Å². The van der Waals surface area contributed by atoms with Gasteiger partial charge in [0, 0.05) is 12.8 Å². The first-order valence-electron chi connectivity index (χ1n) is 6.53. The van der Waals surface area contributed by atoms with Crippen LogP contribution in [0.1, 0.15) is 38.8 Å². The second-order valence-corrected chi connectivity index (χ2v) is 5.53. The SMILES string of the molecule is CCc1ccc(-c2nnc(CC(C)(C)CC(=O)O)o2)o1. The Balaban J connectivity index is 2.11. The lowest BCUT2D eigenvalue weighted by Gasteiger charge is -2.19. The molecule has 1 N–H and O–H groups in total. The topological polar surface area (TPSA) is 89.4 Å². The van der Waals surface area contributed by atoms with Crippen molar-refractivity contribution < 1.29 is 18.7 Å². The molecule has 2 aromatic heterocycles. The molecule has 0 amide bonds. The molecule has 0 fully saturated rings. The molecule has 0 unspecified atom stereocenters. The number of hydrogen-bond donors (Lipinski definition) is 1. The van der Waals surface area contributed by atoms with Gasteiger partial charge in [0.25, 0.3) is 5.89 Å². The highest BCUT2D eigenvalue weighted by atomic mass is 16.4. The second kappa shape index (κ2) is 5.48. The van der Waals surface area contributed by atoms with Crippen LogP contribution < -0.4 is 0 Å². The molecule has 6 nitrogen and oxygen atoms in total. The van der Waals surface area contributed by atoms with Crippen molar-refractivity contribution in [2.24, 2.45) is 5.41 Å². The molecule has 0 aromatic carbocycles. The quantitative estimate of drug-likeness (QED) is 0.873. The Morgan fingerprint density at radius 3 is 2.65 bits per heavy atom. The number of carboxylic acids is 1. The summed E-state index contributed by atoms with van der Waals surface area (Å²) < 4.78 is 11.1. The van der Waals surface area contributed by atoms with E-state index in [1.807, 2.05) is 26.8 Å². The standard InChI is InChI=1S/C14H18N2O4/c1-4-9-5-6-10(19-9)13-16-15-11(20-13)7-14(2,3)8-12(17)18/h5-6H,4,7-8H2,1-3H3,(H,17,18). The van der Waals surface area contributed by atoms with E-state index in [9.17, 15) is 4.79 Å². The van der Waals surface area contributed by atoms with Crippen molar-refractivity contribution in [1.82, 2.24) is 10.2 Å². The smallest absolute Gasteiger partial charge is 0.303 e. The number of hydrogen-bond acceptors (Lipinski definition) is 5. The van der Waals surface area contributed by atoms with Crippen molar-refractivity contribution in [1.29, 1.82) is 0 Å². The van der Waals surface area contributed by atoms with Gasteiger partial charge in [-0.15, -0.1) is 10.2 Å². The molecule has 0 radical (unpaired) electrons. The first-order valence-corrected chi connectivity index (χ1v) is 6.53. The number of furan rings is 1. The summed E-state index contributed by atoms with van der Waals surface area (Å²) in [6.07, 6.45) is 1.26. The number of carboxylic acid groups (broad SMARTS) is 1. The Morgan fingerprint density at radius 2 is 2.05 bits per heavy atom. The first-order chi connectivity index (χ1) is 9.39. The van der Waals surface area contributed by atoms with Crippen LogP contribution >= 0.6 is 0 Å². The monoisotopic (exact) mass is 278 g/mol. The molecule has 2 aromatic rings. The molecule has 6 heteroatoms. The molecule has 2 rings (SSSR count). The van der Waals surface area contributed by atoms with Crippen LogP contribution in [0.3, 0.4) is 0 Å². The third-order valence-electron chi connectivity index (χ3n) is 2.95. The van der Waals surface area contributed by atoms with Crippen LogP contribution in [0.5, 0.6) is 0 Å². The van der Waals surface area contributed by atoms with E-state index in [0.29, 0.717) is 24.0 Å². The highest BCUT2D eigenvalue weighted by Crippen LogP contribution is 2.27. The molecule has 0 aliphatic rings. The summed E-state index contributed by atoms with van der Waals surface area (Å²) in [7, 11) is 0. The number of aryl methyl sites for hydroxylation is 1. The van der Waals surface area contributed by atoms with Gasteiger partial charge in [0.1, 0.15) is 5.76 Å². The van der Waals surface area contributed by atoms with E-state index in [-0.39, 0.29) is 6.42 Å². The lowest BCUT2D eigenvalue weighted by Crippen LogP contribution is -2.19. The van der Waals surface area contributed by atoms with Crippen molar-refractivity contribution >= 4 is 5.97 Å². The lowest BCUT2D eigenvalue weighted by atomic mass is 9.86. The largest absolute Gasteiger partial charge is 0.481 e. The van der Waals surface area contributed by atoms with Crippen LogP contribution in [-0.2, 0) is 17.6 Å². The molecule has 108 valence electrons. The number of nitrogens with zero attached hydrogens (tertiary/aromatic N) is 2. The summed E-state index contributed by atoms with van der Waals surface area (Å²) in [6.45, 7) is 5.70. The predicted octanol–water partition coefficient (Wildman–Crippen LogP) is 2.94. The first kappa shape index (κ1) is 14.3. The van der Waals surface area contributed by atoms with E-state index in [2.05, 4.69) is 10.2 Å². The third kappa shape index (κ3) is 3.46. The molecule has 20 heavy (non-hydrogen) atoms. The van der Waals surface area contributed by atoms with Crippen LogP contribution in [0.15, 0.2) is 21.0 Å². The molecule has 0 bridgehead atoms. The summed E-state index contributed by atoms with van der Waals surface area (Å²) >= 11 is 0. The Morgan fingerprint density at radius 1 is 1.30 bits per heavy atom. The number of aromatic nitrogens is 2. The fourth-order valence-corrected chi connectivity index (χ4v) is 1.99. The van der Waals surface area contributed by atoms with Crippen molar-refractivity contribution in [2.75, 3.05) is 0 Å². The van der Waals surface area contributed by atoms with Crippen LogP contribution in [0.25, 0.3) is 11.7 Å². The zero-order valence-corrected chi connectivity index (χ0v) is 11.8. The van der Waals surface area contributed by atoms with Gasteiger partial charge in [-0.2, -0.15) is 0 Å². The van der Waals surface area contributed by atoms with Crippen LogP contribution in [0.4, 0.5) is 0 Å². The zero-order valence-electron chi connectivity index (χ0n) is 11.8. The molecule has 0 spiro atoms. The van der Waals surface area contributed by atoms with Gasteiger partial charge >= 0.3 is 5.97 Å². The second-order valence-electron chi connectivity index (χ2n) is 5.53. The Bertz CT molecular complexity index is 598. The van der Waals surface area contributed by atoms with E-state index in [0.717, 1.165) is 12.2 Å². The average Bonchev–Trinajstić information content (AvgIpc) is 2.94. The van der Waals surface area contributed by atoms with Gasteiger partial charge in [-0.3, -0.25) is 4.79 Å². The van der Waals surface area contributed by atoms with E-state index in [1.165, 1.54) is 0 Å². The average molecular weight is 278 g/mol. The minimum absolute atomic E-state index is 0.0471. The molecular weight excluding hydrogens is 260 g/mol. The highest BCUT2D eigenvalue weighted by Gasteiger charge is 2.25. The van der Waals surface area contributed by atoms with E-state index >= 15 is 0 Å². The van der Waals surface area contributed by atoms with Gasteiger partial charge < -0.3 is 13.9 Å². The zero-order chi connectivity index (χ0) is 14.8. The van der Waals surface area contributed by atoms with Crippen LogP contribution in [-0.4, -0.2) is 21.3 Å². The lowest BCUT2D eigenvalue weighted by molar-refractivity contribution is -0.139. The summed E-state index contributed by atoms with van der Waals surface area (Å²) in [5.41, 5.74) is -0.437. The summed E-state index contributed by atoms with van der Waals surface area (Å²) in [5.74, 6) is 1.29. The normalized spacial score (nSPS) is 11.8. The van der Waals surface area contributed by atoms with Gasteiger partial charge in [-0.1, -0.05) is 20.8 Å². The molecule has 0 aliphatic heterocycles. The molecule has 0 aliphatic carbocycles. The summed E-state index contributed by atoms with van der Waals surface area (Å²) in [5, 5.41) is 16.7. The maximum atomic E-state index is 10.8. The van der Waals surface area contributed by atoms with Crippen molar-refractivity contribution in [3.05, 3.63) is 23.8 Å². The Labute approximate surface area is 116 Å². The van der Waals surface area contributed by atoms with Gasteiger partial charge in [0.15, 0.2) is 5.76 Å². The maximum absolute atomic E-state index is 10.8. The fourth-order valence-electron chi connectivity index (χ4n) is 1.99. The van der Waals surface area contributed by atoms with Crippen molar-refractivity contribution in [3.8, 4) is 11.7 Å². The predicted molar refractivity (Wildman–Crippen MR) is 71.1 cm³/mol. The van der Waals surface area contributed by atoms with Gasteiger partial charge in [0.2, 0.25) is 5.89 Å². The van der Waals surface area contributed by atoms with Crippen LogP contribution in [0.2, 0.25) is 0 Å². The number of aliphatic carboxylic acids is 1. The molecule has 0 saturated heterocycles. The highest BCUT2D eigenvalue weighted by molar-refractivity contribution is 5.67. The minimum atomic E-state index is -0.839. The Kier molecular flexibility index (Phi) is 3.92. The van der Waals surface area contributed by atoms with Gasteiger partial charge in [0.05, 0.1) is 6.42 Å². The Hall–Kier alpha value is -2.11. The van der Waals surface area contributed by atoms with Crippen molar-refractivity contribution in [3.63, 3.8) is 0 Å². The van der Waals surface area contributed by atoms with Crippen molar-refractivity contribution in [2.45, 2.75) is 40.0 Å². The number of rotatable bonds is 6. The van der Waals surface area contributed by atoms with E-state index < -0.39 is 11.4 Å². The van der Waals surface area contributed by atoms with Gasteiger partial charge in [-0.25, -0.2) is 0 Å². The third-order valence-corrected chi connectivity index (χ3v) is 2.95. The summed E-state index contributed by atoms with van der Waals surface area (Å²) in [4.78, 5) is 10.8. The minimum Gasteiger partial charge on any atom is -0.481 e. The van der Waals surface area contributed by atoms with E-state index in [4.69, 9.17) is 13.9 Å². The molecular formula is C14H18N2O4. The molecule has 0 saturated carbocycles.